The number of amides is 1. The SMILES string of the molecule is Cc1nccn1-c1ccc(NC(=O)CCc2nc(-c3ccsc3)no2)cc1F. The van der Waals surface area contributed by atoms with Crippen LogP contribution in [-0.2, 0) is 11.2 Å². The van der Waals surface area contributed by atoms with Gasteiger partial charge >= 0.3 is 0 Å². The topological polar surface area (TPSA) is 85.8 Å². The van der Waals surface area contributed by atoms with Crippen molar-refractivity contribution < 1.29 is 13.7 Å². The van der Waals surface area contributed by atoms with E-state index in [9.17, 15) is 9.18 Å². The predicted molar refractivity (Wildman–Crippen MR) is 103 cm³/mol. The van der Waals surface area contributed by atoms with Crippen molar-refractivity contribution in [2.75, 3.05) is 5.32 Å². The Bertz CT molecular complexity index is 1100. The van der Waals surface area contributed by atoms with E-state index in [2.05, 4.69) is 20.4 Å². The second kappa shape index (κ2) is 7.73. The zero-order chi connectivity index (χ0) is 19.5. The Hall–Kier alpha value is -3.33. The fraction of sp³-hybridized carbons (Fsp3) is 0.158. The molecular formula is C19H16FN5O2S. The smallest absolute Gasteiger partial charge is 0.227 e. The molecule has 3 aromatic heterocycles. The highest BCUT2D eigenvalue weighted by Crippen LogP contribution is 2.21. The molecule has 0 unspecified atom stereocenters. The van der Waals surface area contributed by atoms with E-state index in [-0.39, 0.29) is 12.3 Å². The van der Waals surface area contributed by atoms with E-state index in [1.54, 1.807) is 47.4 Å². The lowest BCUT2D eigenvalue weighted by Crippen LogP contribution is -2.13. The van der Waals surface area contributed by atoms with Crippen molar-refractivity contribution in [1.82, 2.24) is 19.7 Å². The predicted octanol–water partition coefficient (Wildman–Crippen LogP) is 4.00. The molecule has 0 aliphatic heterocycles. The lowest BCUT2D eigenvalue weighted by Gasteiger charge is -2.09. The van der Waals surface area contributed by atoms with Gasteiger partial charge in [-0.05, 0) is 36.6 Å². The van der Waals surface area contributed by atoms with E-state index < -0.39 is 5.82 Å². The molecule has 0 aliphatic carbocycles. The number of carbonyl (C=O) groups excluding carboxylic acids is 1. The molecule has 0 radical (unpaired) electrons. The van der Waals surface area contributed by atoms with E-state index in [1.165, 1.54) is 6.07 Å². The molecule has 28 heavy (non-hydrogen) atoms. The van der Waals surface area contributed by atoms with Crippen LogP contribution in [0.2, 0.25) is 0 Å². The number of aromatic nitrogens is 4. The maximum Gasteiger partial charge on any atom is 0.227 e. The van der Waals surface area contributed by atoms with Crippen LogP contribution in [0.5, 0.6) is 0 Å². The van der Waals surface area contributed by atoms with Gasteiger partial charge in [-0.3, -0.25) is 4.79 Å². The second-order valence-electron chi connectivity index (χ2n) is 6.08. The number of halogens is 1. The average Bonchev–Trinajstić information content (AvgIpc) is 3.42. The summed E-state index contributed by atoms with van der Waals surface area (Å²) in [5.41, 5.74) is 1.64. The van der Waals surface area contributed by atoms with Crippen LogP contribution in [-0.4, -0.2) is 25.6 Å². The zero-order valence-corrected chi connectivity index (χ0v) is 15.7. The van der Waals surface area contributed by atoms with E-state index in [4.69, 9.17) is 4.52 Å². The molecular weight excluding hydrogens is 381 g/mol. The van der Waals surface area contributed by atoms with Crippen LogP contribution in [0, 0.1) is 12.7 Å². The Morgan fingerprint density at radius 3 is 2.96 bits per heavy atom. The number of thiophene rings is 1. The molecule has 142 valence electrons. The number of nitrogens with one attached hydrogen (secondary N) is 1. The zero-order valence-electron chi connectivity index (χ0n) is 14.9. The number of anilines is 1. The Balaban J connectivity index is 1.36. The first-order chi connectivity index (χ1) is 13.6. The molecule has 4 rings (SSSR count). The fourth-order valence-corrected chi connectivity index (χ4v) is 3.36. The Morgan fingerprint density at radius 2 is 2.25 bits per heavy atom. The van der Waals surface area contributed by atoms with Crippen LogP contribution >= 0.6 is 11.3 Å². The highest BCUT2D eigenvalue weighted by Gasteiger charge is 2.13. The van der Waals surface area contributed by atoms with Crippen molar-refractivity contribution in [1.29, 1.82) is 0 Å². The number of nitrogens with zero attached hydrogens (tertiary/aromatic N) is 4. The Morgan fingerprint density at radius 1 is 1.36 bits per heavy atom. The maximum absolute atomic E-state index is 14.4. The largest absolute Gasteiger partial charge is 0.339 e. The van der Waals surface area contributed by atoms with Crippen molar-refractivity contribution in [2.24, 2.45) is 0 Å². The van der Waals surface area contributed by atoms with Crippen LogP contribution in [0.25, 0.3) is 17.1 Å². The van der Waals surface area contributed by atoms with Crippen molar-refractivity contribution >= 4 is 22.9 Å². The summed E-state index contributed by atoms with van der Waals surface area (Å²) in [6.07, 6.45) is 3.74. The molecule has 0 bridgehead atoms. The summed E-state index contributed by atoms with van der Waals surface area (Å²) < 4.78 is 21.2. The van der Waals surface area contributed by atoms with Gasteiger partial charge in [0.1, 0.15) is 11.6 Å². The molecule has 7 nitrogen and oxygen atoms in total. The van der Waals surface area contributed by atoms with E-state index >= 15 is 0 Å². The van der Waals surface area contributed by atoms with Gasteiger partial charge in [-0.15, -0.1) is 0 Å². The molecule has 0 fully saturated rings. The maximum atomic E-state index is 14.4. The molecule has 1 aromatic carbocycles. The molecule has 9 heteroatoms. The van der Waals surface area contributed by atoms with Gasteiger partial charge in [-0.25, -0.2) is 9.37 Å². The van der Waals surface area contributed by atoms with Crippen molar-refractivity contribution in [3.63, 3.8) is 0 Å². The van der Waals surface area contributed by atoms with Gasteiger partial charge in [-0.1, -0.05) is 5.16 Å². The van der Waals surface area contributed by atoms with Crippen LogP contribution in [0.1, 0.15) is 18.1 Å². The third kappa shape index (κ3) is 3.84. The lowest BCUT2D eigenvalue weighted by molar-refractivity contribution is -0.116. The first-order valence-corrected chi connectivity index (χ1v) is 9.49. The average molecular weight is 397 g/mol. The summed E-state index contributed by atoms with van der Waals surface area (Å²) in [5, 5.41) is 10.4. The van der Waals surface area contributed by atoms with Crippen molar-refractivity contribution in [3.05, 3.63) is 65.0 Å². The monoisotopic (exact) mass is 397 g/mol. The standard InChI is InChI=1S/C19H16FN5O2S/c1-12-21-7-8-25(12)16-3-2-14(10-15(16)20)22-17(26)4-5-18-23-19(24-27-18)13-6-9-28-11-13/h2-3,6-11H,4-5H2,1H3,(H,22,26). The number of imidazole rings is 1. The summed E-state index contributed by atoms with van der Waals surface area (Å²) in [6.45, 7) is 1.79. The van der Waals surface area contributed by atoms with Gasteiger partial charge in [0.15, 0.2) is 0 Å². The Labute approximate surface area is 163 Å². The third-order valence-corrected chi connectivity index (χ3v) is 4.81. The second-order valence-corrected chi connectivity index (χ2v) is 6.86. The minimum atomic E-state index is -0.448. The van der Waals surface area contributed by atoms with Gasteiger partial charge < -0.3 is 14.4 Å². The minimum absolute atomic E-state index is 0.148. The van der Waals surface area contributed by atoms with Gasteiger partial charge in [0.25, 0.3) is 0 Å². The first kappa shape index (κ1) is 18.1. The lowest BCUT2D eigenvalue weighted by atomic mass is 10.2. The minimum Gasteiger partial charge on any atom is -0.339 e. The van der Waals surface area contributed by atoms with Crippen molar-refractivity contribution in [2.45, 2.75) is 19.8 Å². The van der Waals surface area contributed by atoms with E-state index in [0.717, 1.165) is 5.56 Å². The van der Waals surface area contributed by atoms with Gasteiger partial charge in [0, 0.05) is 41.9 Å². The van der Waals surface area contributed by atoms with E-state index in [1.807, 2.05) is 16.8 Å². The highest BCUT2D eigenvalue weighted by atomic mass is 32.1. The fourth-order valence-electron chi connectivity index (χ4n) is 2.72. The number of hydrogen-bond donors (Lipinski definition) is 1. The highest BCUT2D eigenvalue weighted by molar-refractivity contribution is 7.08. The number of benzene rings is 1. The normalized spacial score (nSPS) is 10.9. The van der Waals surface area contributed by atoms with Gasteiger partial charge in [0.2, 0.25) is 17.6 Å². The molecule has 4 aromatic rings. The van der Waals surface area contributed by atoms with Gasteiger partial charge in [-0.2, -0.15) is 16.3 Å². The molecule has 0 saturated carbocycles. The third-order valence-electron chi connectivity index (χ3n) is 4.13. The number of hydrogen-bond acceptors (Lipinski definition) is 6. The summed E-state index contributed by atoms with van der Waals surface area (Å²) in [6, 6.07) is 6.44. The summed E-state index contributed by atoms with van der Waals surface area (Å²) in [7, 11) is 0. The van der Waals surface area contributed by atoms with Crippen molar-refractivity contribution in [3.8, 4) is 17.1 Å². The number of carbonyl (C=O) groups is 1. The number of rotatable bonds is 6. The molecule has 0 saturated heterocycles. The summed E-state index contributed by atoms with van der Waals surface area (Å²) in [5.74, 6) is 0.854. The molecule has 0 aliphatic rings. The van der Waals surface area contributed by atoms with Crippen LogP contribution in [0.4, 0.5) is 10.1 Å². The van der Waals surface area contributed by atoms with Crippen LogP contribution in [0.15, 0.2) is 51.9 Å². The van der Waals surface area contributed by atoms with Gasteiger partial charge in [0.05, 0.1) is 5.69 Å². The van der Waals surface area contributed by atoms with Crippen LogP contribution < -0.4 is 5.32 Å². The molecule has 1 amide bonds. The molecule has 0 atom stereocenters. The summed E-state index contributed by atoms with van der Waals surface area (Å²) in [4.78, 5) is 20.5. The molecule has 0 spiro atoms. The van der Waals surface area contributed by atoms with Crippen LogP contribution in [0.3, 0.4) is 0 Å². The summed E-state index contributed by atoms with van der Waals surface area (Å²) >= 11 is 1.54. The number of aryl methyl sites for hydroxylation is 2. The molecule has 3 heterocycles. The molecule has 1 N–H and O–H groups in total. The quantitative estimate of drug-likeness (QED) is 0.531. The first-order valence-electron chi connectivity index (χ1n) is 8.55. The van der Waals surface area contributed by atoms with E-state index in [0.29, 0.717) is 35.3 Å². The Kier molecular flexibility index (Phi) is 4.98.